The zero-order valence-corrected chi connectivity index (χ0v) is 18.1. The lowest BCUT2D eigenvalue weighted by Crippen LogP contribution is -2.41. The van der Waals surface area contributed by atoms with Crippen molar-refractivity contribution in [3.05, 3.63) is 59.1 Å². The van der Waals surface area contributed by atoms with Crippen LogP contribution < -0.4 is 4.74 Å². The lowest BCUT2D eigenvalue weighted by Gasteiger charge is -2.33. The number of carbonyl (C=O) groups is 1. The Morgan fingerprint density at radius 2 is 1.93 bits per heavy atom. The summed E-state index contributed by atoms with van der Waals surface area (Å²) in [7, 11) is -0.868. The monoisotopic (exact) mass is 436 g/mol. The molecule has 6 nitrogen and oxygen atoms in total. The van der Waals surface area contributed by atoms with Crippen LogP contribution in [0.3, 0.4) is 0 Å². The van der Waals surface area contributed by atoms with Gasteiger partial charge in [-0.2, -0.15) is 0 Å². The van der Waals surface area contributed by atoms with E-state index in [1.54, 1.807) is 11.0 Å². The van der Waals surface area contributed by atoms with Gasteiger partial charge < -0.3 is 9.64 Å². The summed E-state index contributed by atoms with van der Waals surface area (Å²) in [4.78, 5) is 14.7. The second-order valence-corrected chi connectivity index (χ2v) is 9.84. The lowest BCUT2D eigenvalue weighted by molar-refractivity contribution is 0.0633. The smallest absolute Gasteiger partial charge is 0.253 e. The molecule has 1 amide bonds. The third-order valence-electron chi connectivity index (χ3n) is 4.97. The fraction of sp³-hybridized carbons (Fsp3) is 0.381. The minimum absolute atomic E-state index is 0.0593. The number of likely N-dealkylation sites (tertiary alicyclic amines) is 1. The van der Waals surface area contributed by atoms with Crippen molar-refractivity contribution in [3.63, 3.8) is 0 Å². The normalized spacial score (nSPS) is 17.4. The van der Waals surface area contributed by atoms with Gasteiger partial charge >= 0.3 is 0 Å². The third-order valence-corrected chi connectivity index (χ3v) is 7.27. The summed E-state index contributed by atoms with van der Waals surface area (Å²) in [6, 6.07) is 14.0. The third kappa shape index (κ3) is 5.10. The molecule has 1 heterocycles. The van der Waals surface area contributed by atoms with Gasteiger partial charge in [-0.05, 0) is 43.2 Å². The fourth-order valence-corrected chi connectivity index (χ4v) is 4.72. The number of carbonyl (C=O) groups excluding carboxylic acids is 1. The molecule has 1 fully saturated rings. The maximum Gasteiger partial charge on any atom is 0.253 e. The van der Waals surface area contributed by atoms with E-state index in [0.717, 1.165) is 22.9 Å². The predicted molar refractivity (Wildman–Crippen MR) is 113 cm³/mol. The fourth-order valence-electron chi connectivity index (χ4n) is 3.33. The number of hydrogen-bond acceptors (Lipinski definition) is 4. The van der Waals surface area contributed by atoms with Crippen molar-refractivity contribution >= 4 is 27.5 Å². The summed E-state index contributed by atoms with van der Waals surface area (Å²) < 4.78 is 31.9. The number of piperidine rings is 1. The van der Waals surface area contributed by atoms with E-state index in [1.165, 1.54) is 26.2 Å². The minimum atomic E-state index is -3.73. The minimum Gasteiger partial charge on any atom is -0.493 e. The van der Waals surface area contributed by atoms with Gasteiger partial charge in [-0.25, -0.2) is 12.7 Å². The highest BCUT2D eigenvalue weighted by atomic mass is 35.5. The molecule has 0 aliphatic carbocycles. The number of amides is 1. The molecule has 0 radical (unpaired) electrons. The van der Waals surface area contributed by atoms with Crippen molar-refractivity contribution in [1.82, 2.24) is 9.21 Å². The topological polar surface area (TPSA) is 66.9 Å². The maximum absolute atomic E-state index is 13.0. The summed E-state index contributed by atoms with van der Waals surface area (Å²) >= 11 is 6.09. The molecule has 0 bridgehead atoms. The van der Waals surface area contributed by atoms with Crippen LogP contribution in [-0.2, 0) is 10.0 Å². The molecule has 0 N–H and O–H groups in total. The predicted octanol–water partition coefficient (Wildman–Crippen LogP) is 3.52. The average molecular weight is 437 g/mol. The van der Waals surface area contributed by atoms with Crippen LogP contribution in [0.25, 0.3) is 0 Å². The van der Waals surface area contributed by atoms with Gasteiger partial charge in [0, 0.05) is 38.7 Å². The molecule has 3 rings (SSSR count). The Hall–Kier alpha value is -2.09. The Labute approximate surface area is 177 Å². The zero-order valence-electron chi connectivity index (χ0n) is 16.5. The van der Waals surface area contributed by atoms with E-state index in [9.17, 15) is 13.2 Å². The molecule has 0 aromatic heterocycles. The molecule has 8 heteroatoms. The Kier molecular flexibility index (Phi) is 6.82. The van der Waals surface area contributed by atoms with Crippen LogP contribution in [0.15, 0.2) is 53.4 Å². The Morgan fingerprint density at radius 3 is 2.62 bits per heavy atom. The van der Waals surface area contributed by atoms with Crippen LogP contribution in [-0.4, -0.2) is 57.3 Å². The zero-order chi connectivity index (χ0) is 21.0. The van der Waals surface area contributed by atoms with Gasteiger partial charge in [0.2, 0.25) is 10.0 Å². The highest BCUT2D eigenvalue weighted by Crippen LogP contribution is 2.26. The number of nitrogens with zero attached hydrogens (tertiary/aromatic N) is 2. The van der Waals surface area contributed by atoms with Crippen molar-refractivity contribution in [1.29, 1.82) is 0 Å². The number of benzene rings is 2. The van der Waals surface area contributed by atoms with Gasteiger partial charge in [-0.3, -0.25) is 4.79 Å². The SMILES string of the molecule is CN(C)S(=O)(=O)c1cc(C(=O)N2CCCC(COc3ccccc3)C2)ccc1Cl. The van der Waals surface area contributed by atoms with Crippen LogP contribution in [0, 0.1) is 5.92 Å². The Bertz CT molecular complexity index is 964. The maximum atomic E-state index is 13.0. The van der Waals surface area contributed by atoms with E-state index in [1.807, 2.05) is 30.3 Å². The first-order valence-electron chi connectivity index (χ1n) is 9.48. The first kappa shape index (κ1) is 21.6. The van der Waals surface area contributed by atoms with Gasteiger partial charge in [0.1, 0.15) is 10.6 Å². The Balaban J connectivity index is 1.71. The van der Waals surface area contributed by atoms with Crippen molar-refractivity contribution in [2.45, 2.75) is 17.7 Å². The summed E-state index contributed by atoms with van der Waals surface area (Å²) in [6.45, 7) is 1.75. The second kappa shape index (κ2) is 9.15. The van der Waals surface area contributed by atoms with Crippen LogP contribution in [0.1, 0.15) is 23.2 Å². The van der Waals surface area contributed by atoms with Crippen LogP contribution >= 0.6 is 11.6 Å². The van der Waals surface area contributed by atoms with Gasteiger partial charge in [0.05, 0.1) is 11.6 Å². The molecular formula is C21H25ClN2O4S. The number of hydrogen-bond donors (Lipinski definition) is 0. The van der Waals surface area contributed by atoms with Crippen molar-refractivity contribution in [2.75, 3.05) is 33.8 Å². The summed E-state index contributed by atoms with van der Waals surface area (Å²) in [5.74, 6) is 0.846. The quantitative estimate of drug-likeness (QED) is 0.694. The lowest BCUT2D eigenvalue weighted by atomic mass is 9.98. The number of para-hydroxylation sites is 1. The molecule has 0 saturated carbocycles. The van der Waals surface area contributed by atoms with Gasteiger partial charge in [0.15, 0.2) is 0 Å². The van der Waals surface area contributed by atoms with Crippen LogP contribution in [0.4, 0.5) is 0 Å². The van der Waals surface area contributed by atoms with Gasteiger partial charge in [-0.15, -0.1) is 0 Å². The molecule has 1 aliphatic rings. The molecular weight excluding hydrogens is 412 g/mol. The van der Waals surface area contributed by atoms with Gasteiger partial charge in [-0.1, -0.05) is 29.8 Å². The number of halogens is 1. The highest BCUT2D eigenvalue weighted by Gasteiger charge is 2.27. The molecule has 2 aromatic carbocycles. The number of rotatable bonds is 6. The molecule has 29 heavy (non-hydrogen) atoms. The van der Waals surface area contributed by atoms with Crippen molar-refractivity contribution < 1.29 is 17.9 Å². The van der Waals surface area contributed by atoms with Gasteiger partial charge in [0.25, 0.3) is 5.91 Å². The van der Waals surface area contributed by atoms with E-state index < -0.39 is 10.0 Å². The first-order chi connectivity index (χ1) is 13.8. The molecule has 2 aromatic rings. The highest BCUT2D eigenvalue weighted by molar-refractivity contribution is 7.89. The van der Waals surface area contributed by atoms with Crippen LogP contribution in [0.5, 0.6) is 5.75 Å². The summed E-state index contributed by atoms with van der Waals surface area (Å²) in [5.41, 5.74) is 0.319. The van der Waals surface area contributed by atoms with E-state index >= 15 is 0 Å². The summed E-state index contributed by atoms with van der Waals surface area (Å²) in [5, 5.41) is 0.100. The van der Waals surface area contributed by atoms with E-state index in [0.29, 0.717) is 25.3 Å². The first-order valence-corrected chi connectivity index (χ1v) is 11.3. The van der Waals surface area contributed by atoms with Crippen LogP contribution in [0.2, 0.25) is 5.02 Å². The molecule has 1 atom stereocenters. The van der Waals surface area contributed by atoms with Crippen molar-refractivity contribution in [3.8, 4) is 5.75 Å². The second-order valence-electron chi connectivity index (χ2n) is 7.32. The molecule has 1 aliphatic heterocycles. The summed E-state index contributed by atoms with van der Waals surface area (Å²) in [6.07, 6.45) is 1.86. The average Bonchev–Trinajstić information content (AvgIpc) is 2.73. The van der Waals surface area contributed by atoms with E-state index in [-0.39, 0.29) is 21.7 Å². The molecule has 0 spiro atoms. The molecule has 156 valence electrons. The number of sulfonamides is 1. The molecule has 1 unspecified atom stereocenters. The van der Waals surface area contributed by atoms with E-state index in [4.69, 9.17) is 16.3 Å². The standard InChI is InChI=1S/C21H25ClN2O4S/c1-23(2)29(26,27)20-13-17(10-11-19(20)22)21(25)24-12-6-7-16(14-24)15-28-18-8-4-3-5-9-18/h3-5,8-11,13,16H,6-7,12,14-15H2,1-2H3. The Morgan fingerprint density at radius 1 is 1.21 bits per heavy atom. The van der Waals surface area contributed by atoms with E-state index in [2.05, 4.69) is 0 Å². The number of ether oxygens (including phenoxy) is 1. The van der Waals surface area contributed by atoms with Crippen molar-refractivity contribution in [2.24, 2.45) is 5.92 Å². The molecule has 1 saturated heterocycles. The largest absolute Gasteiger partial charge is 0.493 e.